The van der Waals surface area contributed by atoms with Gasteiger partial charge in [-0.05, 0) is 35.7 Å². The Kier molecular flexibility index (Phi) is 5.09. The lowest BCUT2D eigenvalue weighted by Crippen LogP contribution is -2.47. The monoisotopic (exact) mass is 459 g/mol. The summed E-state index contributed by atoms with van der Waals surface area (Å²) in [4.78, 5) is 47.8. The van der Waals surface area contributed by atoms with Crippen LogP contribution in [0.1, 0.15) is 19.8 Å². The summed E-state index contributed by atoms with van der Waals surface area (Å²) in [7, 11) is 0. The largest absolute Gasteiger partial charge is 0.382 e. The third-order valence-electron chi connectivity index (χ3n) is 4.85. The van der Waals surface area contributed by atoms with Gasteiger partial charge in [-0.1, -0.05) is 0 Å². The van der Waals surface area contributed by atoms with E-state index in [0.29, 0.717) is 28.0 Å². The van der Waals surface area contributed by atoms with Gasteiger partial charge in [0.1, 0.15) is 29.0 Å². The third-order valence-corrected chi connectivity index (χ3v) is 5.23. The van der Waals surface area contributed by atoms with E-state index in [2.05, 4.69) is 46.2 Å². The van der Waals surface area contributed by atoms with Crippen LogP contribution in [0.4, 0.5) is 11.6 Å². The smallest absolute Gasteiger partial charge is 0.248 e. The first kappa shape index (κ1) is 19.2. The minimum atomic E-state index is -0.590. The molecule has 0 unspecified atom stereocenters. The van der Waals surface area contributed by atoms with Crippen LogP contribution in [0, 0.1) is 0 Å². The van der Waals surface area contributed by atoms with E-state index in [1.165, 1.54) is 25.0 Å². The van der Waals surface area contributed by atoms with E-state index in [0.717, 1.165) is 6.42 Å². The molecule has 29 heavy (non-hydrogen) atoms. The number of aromatic nitrogens is 6. The fraction of sp³-hybridized carbons (Fsp3) is 0.353. The van der Waals surface area contributed by atoms with Crippen molar-refractivity contribution in [2.75, 3.05) is 11.1 Å². The second-order valence-corrected chi connectivity index (χ2v) is 7.58. The molecule has 150 valence electrons. The molecule has 1 aliphatic heterocycles. The van der Waals surface area contributed by atoms with Crippen molar-refractivity contribution < 1.29 is 9.59 Å². The van der Waals surface area contributed by atoms with Crippen molar-refractivity contribution >= 4 is 50.5 Å². The van der Waals surface area contributed by atoms with Crippen LogP contribution < -0.4 is 11.1 Å². The van der Waals surface area contributed by atoms with E-state index >= 15 is 0 Å². The predicted octanol–water partition coefficient (Wildman–Crippen LogP) is 0.979. The zero-order chi connectivity index (χ0) is 20.5. The maximum absolute atomic E-state index is 13.1. The van der Waals surface area contributed by atoms with Crippen LogP contribution in [-0.2, 0) is 16.1 Å². The van der Waals surface area contributed by atoms with Crippen molar-refractivity contribution in [3.63, 3.8) is 0 Å². The molecule has 4 rings (SSSR count). The fourth-order valence-electron chi connectivity index (χ4n) is 3.52. The normalized spacial score (nSPS) is 18.9. The first-order valence-electron chi connectivity index (χ1n) is 8.95. The molecule has 2 amide bonds. The number of nitrogens with one attached hydrogen (secondary N) is 1. The van der Waals surface area contributed by atoms with Gasteiger partial charge in [-0.15, -0.1) is 0 Å². The first-order valence-corrected chi connectivity index (χ1v) is 9.74. The van der Waals surface area contributed by atoms with Gasteiger partial charge in [0.2, 0.25) is 11.8 Å². The standard InChI is InChI=1S/C17H18BrN9O2/c1-9-2-3-10(17(29)25-12-5-20-4-11(18)24-12)27(9)13(28)6-26-8-23-14-15(19)21-7-22-16(14)26/h4-5,7-10H,2-3,6H2,1H3,(H2,19,21,22)(H,24,25,29)/t9-,10+/m1/s1. The Morgan fingerprint density at radius 2 is 2.10 bits per heavy atom. The van der Waals surface area contributed by atoms with Crippen molar-refractivity contribution in [3.05, 3.63) is 29.7 Å². The lowest BCUT2D eigenvalue weighted by atomic mass is 10.2. The van der Waals surface area contributed by atoms with E-state index in [9.17, 15) is 9.59 Å². The first-order chi connectivity index (χ1) is 13.9. The van der Waals surface area contributed by atoms with Crippen LogP contribution in [0.25, 0.3) is 11.2 Å². The Balaban J connectivity index is 1.52. The van der Waals surface area contributed by atoms with Gasteiger partial charge in [-0.25, -0.2) is 19.9 Å². The predicted molar refractivity (Wildman–Crippen MR) is 107 cm³/mol. The molecule has 1 fully saturated rings. The Morgan fingerprint density at radius 1 is 1.28 bits per heavy atom. The third kappa shape index (κ3) is 3.75. The maximum atomic E-state index is 13.1. The average Bonchev–Trinajstić information content (AvgIpc) is 3.26. The summed E-state index contributed by atoms with van der Waals surface area (Å²) < 4.78 is 2.12. The summed E-state index contributed by atoms with van der Waals surface area (Å²) in [5.74, 6) is 0.0800. The van der Waals surface area contributed by atoms with Gasteiger partial charge in [0.05, 0.1) is 18.7 Å². The highest BCUT2D eigenvalue weighted by Gasteiger charge is 2.39. The summed E-state index contributed by atoms with van der Waals surface area (Å²) in [5, 5.41) is 2.73. The number of nitrogens with two attached hydrogens (primary N) is 1. The topological polar surface area (TPSA) is 145 Å². The highest BCUT2D eigenvalue weighted by atomic mass is 79.9. The van der Waals surface area contributed by atoms with Crippen molar-refractivity contribution in [2.45, 2.75) is 38.4 Å². The lowest BCUT2D eigenvalue weighted by molar-refractivity contribution is -0.138. The van der Waals surface area contributed by atoms with E-state index in [1.807, 2.05) is 6.92 Å². The molecule has 3 aromatic rings. The quantitative estimate of drug-likeness (QED) is 0.586. The number of hydrogen-bond donors (Lipinski definition) is 2. The number of carbonyl (C=O) groups is 2. The Hall–Kier alpha value is -3.15. The van der Waals surface area contributed by atoms with E-state index in [1.54, 1.807) is 9.47 Å². The Morgan fingerprint density at radius 3 is 2.90 bits per heavy atom. The average molecular weight is 460 g/mol. The minimum absolute atomic E-state index is 0.00222. The lowest BCUT2D eigenvalue weighted by Gasteiger charge is -2.28. The van der Waals surface area contributed by atoms with Crippen LogP contribution in [0.2, 0.25) is 0 Å². The van der Waals surface area contributed by atoms with Gasteiger partial charge in [0.25, 0.3) is 0 Å². The molecule has 0 aromatic carbocycles. The van der Waals surface area contributed by atoms with Crippen molar-refractivity contribution in [2.24, 2.45) is 0 Å². The minimum Gasteiger partial charge on any atom is -0.382 e. The Labute approximate surface area is 173 Å². The zero-order valence-corrected chi connectivity index (χ0v) is 17.1. The van der Waals surface area contributed by atoms with Crippen LogP contribution in [0.3, 0.4) is 0 Å². The SMILES string of the molecule is C[C@@H]1CC[C@@H](C(=O)Nc2cncc(Br)n2)N1C(=O)Cn1cnc2c(N)ncnc21. The highest BCUT2D eigenvalue weighted by molar-refractivity contribution is 9.10. The fourth-order valence-corrected chi connectivity index (χ4v) is 3.82. The molecule has 0 bridgehead atoms. The molecule has 0 spiro atoms. The van der Waals surface area contributed by atoms with Gasteiger partial charge >= 0.3 is 0 Å². The molecular formula is C17H18BrN9O2. The van der Waals surface area contributed by atoms with Crippen molar-refractivity contribution in [3.8, 4) is 0 Å². The number of amides is 2. The molecule has 3 aromatic heterocycles. The van der Waals surface area contributed by atoms with Gasteiger partial charge < -0.3 is 20.5 Å². The molecule has 1 aliphatic rings. The number of fused-ring (bicyclic) bond motifs is 1. The number of halogens is 1. The van der Waals surface area contributed by atoms with Gasteiger partial charge in [0, 0.05) is 6.04 Å². The van der Waals surface area contributed by atoms with Crippen LogP contribution in [0.5, 0.6) is 0 Å². The van der Waals surface area contributed by atoms with Gasteiger partial charge in [-0.3, -0.25) is 14.6 Å². The molecule has 0 saturated carbocycles. The highest BCUT2D eigenvalue weighted by Crippen LogP contribution is 2.26. The molecular weight excluding hydrogens is 442 g/mol. The van der Waals surface area contributed by atoms with Crippen molar-refractivity contribution in [1.29, 1.82) is 0 Å². The van der Waals surface area contributed by atoms with E-state index < -0.39 is 6.04 Å². The summed E-state index contributed by atoms with van der Waals surface area (Å²) in [6.45, 7) is 1.92. The number of nitrogens with zero attached hydrogens (tertiary/aromatic N) is 7. The van der Waals surface area contributed by atoms with Gasteiger partial charge in [-0.2, -0.15) is 0 Å². The second kappa shape index (κ2) is 7.70. The summed E-state index contributed by atoms with van der Waals surface area (Å²) in [6.07, 6.45) is 7.10. The molecule has 4 heterocycles. The summed E-state index contributed by atoms with van der Waals surface area (Å²) in [5.41, 5.74) is 6.72. The second-order valence-electron chi connectivity index (χ2n) is 6.76. The van der Waals surface area contributed by atoms with Crippen LogP contribution >= 0.6 is 15.9 Å². The number of likely N-dealkylation sites (tertiary alicyclic amines) is 1. The number of anilines is 2. The van der Waals surface area contributed by atoms with Crippen LogP contribution in [0.15, 0.2) is 29.7 Å². The number of carbonyl (C=O) groups excluding carboxylic acids is 2. The summed E-state index contributed by atoms with van der Waals surface area (Å²) >= 11 is 3.22. The summed E-state index contributed by atoms with van der Waals surface area (Å²) in [6, 6.07) is -0.658. The molecule has 1 saturated heterocycles. The molecule has 0 aliphatic carbocycles. The van der Waals surface area contributed by atoms with E-state index in [4.69, 9.17) is 5.73 Å². The zero-order valence-electron chi connectivity index (χ0n) is 15.5. The maximum Gasteiger partial charge on any atom is 0.248 e. The molecule has 12 heteroatoms. The molecule has 2 atom stereocenters. The Bertz CT molecular complexity index is 1090. The van der Waals surface area contributed by atoms with E-state index in [-0.39, 0.29) is 30.2 Å². The number of hydrogen-bond acceptors (Lipinski definition) is 8. The number of imidazole rings is 1. The molecule has 0 radical (unpaired) electrons. The van der Waals surface area contributed by atoms with Crippen LogP contribution in [-0.4, -0.2) is 58.3 Å². The van der Waals surface area contributed by atoms with Gasteiger partial charge in [0.15, 0.2) is 17.3 Å². The molecule has 3 N–H and O–H groups in total. The number of nitrogen functional groups attached to an aromatic ring is 1. The van der Waals surface area contributed by atoms with Crippen molar-refractivity contribution in [1.82, 2.24) is 34.4 Å². The number of rotatable bonds is 4. The molecule has 11 nitrogen and oxygen atoms in total.